The average Bonchev–Trinajstić information content (AvgIpc) is 3.45. The molecule has 0 radical (unpaired) electrons. The summed E-state index contributed by atoms with van der Waals surface area (Å²) in [7, 11) is 0. The summed E-state index contributed by atoms with van der Waals surface area (Å²) >= 11 is 5.82. The number of carbonyl (C=O) groups is 2. The third kappa shape index (κ3) is 6.86. The van der Waals surface area contributed by atoms with Gasteiger partial charge in [-0.25, -0.2) is 23.8 Å². The second-order valence-electron chi connectivity index (χ2n) is 8.51. The van der Waals surface area contributed by atoms with Gasteiger partial charge in [0.05, 0.1) is 24.7 Å². The lowest BCUT2D eigenvalue weighted by Gasteiger charge is -2.26. The number of pyridine rings is 1. The number of nitrogens with one attached hydrogen (secondary N) is 3. The Balaban J connectivity index is 1.46. The Bertz CT molecular complexity index is 1370. The molecule has 2 aromatic heterocycles. The molecular weight excluding hydrogens is 548 g/mol. The Morgan fingerprint density at radius 3 is 2.56 bits per heavy atom. The number of aromatic nitrogens is 4. The van der Waals surface area contributed by atoms with Crippen LogP contribution < -0.4 is 10.6 Å². The van der Waals surface area contributed by atoms with E-state index in [-0.39, 0.29) is 35.9 Å². The van der Waals surface area contributed by atoms with Gasteiger partial charge in [-0.2, -0.15) is 13.2 Å². The van der Waals surface area contributed by atoms with Gasteiger partial charge in [0.1, 0.15) is 18.3 Å². The summed E-state index contributed by atoms with van der Waals surface area (Å²) in [6.45, 7) is -1.60. The maximum absolute atomic E-state index is 13.2. The van der Waals surface area contributed by atoms with E-state index in [1.807, 2.05) is 0 Å². The predicted molar refractivity (Wildman–Crippen MR) is 130 cm³/mol. The molecule has 0 bridgehead atoms. The van der Waals surface area contributed by atoms with Gasteiger partial charge in [-0.1, -0.05) is 11.6 Å². The summed E-state index contributed by atoms with van der Waals surface area (Å²) in [5.74, 6) is -1.66. The molecule has 206 valence electrons. The van der Waals surface area contributed by atoms with Gasteiger partial charge in [0.15, 0.2) is 17.7 Å². The number of hydrogen-bond donors (Lipinski definition) is 4. The quantitative estimate of drug-likeness (QED) is 0.186. The van der Waals surface area contributed by atoms with Gasteiger partial charge in [0, 0.05) is 16.8 Å². The van der Waals surface area contributed by atoms with E-state index in [1.165, 1.54) is 47.5 Å². The van der Waals surface area contributed by atoms with Crippen molar-refractivity contribution >= 4 is 35.1 Å². The summed E-state index contributed by atoms with van der Waals surface area (Å²) in [6.07, 6.45) is -6.33. The van der Waals surface area contributed by atoms with E-state index in [2.05, 4.69) is 25.7 Å². The number of benzene rings is 1. The van der Waals surface area contributed by atoms with Crippen molar-refractivity contribution in [3.8, 4) is 5.82 Å². The van der Waals surface area contributed by atoms with Crippen LogP contribution in [0, 0.1) is 11.3 Å². The molecule has 1 saturated carbocycles. The van der Waals surface area contributed by atoms with Crippen molar-refractivity contribution < 1.29 is 32.3 Å². The lowest BCUT2D eigenvalue weighted by molar-refractivity contribution is -0.204. The molecule has 3 atom stereocenters. The second kappa shape index (κ2) is 11.3. The van der Waals surface area contributed by atoms with Crippen LogP contribution in [0.4, 0.5) is 28.0 Å². The number of amidine groups is 1. The molecule has 0 unspecified atom stereocenters. The van der Waals surface area contributed by atoms with Gasteiger partial charge in [-0.05, 0) is 42.8 Å². The Morgan fingerprint density at radius 2 is 1.92 bits per heavy atom. The predicted octanol–water partition coefficient (Wildman–Crippen LogP) is 3.07. The monoisotopic (exact) mass is 568 g/mol. The molecule has 16 heteroatoms. The van der Waals surface area contributed by atoms with E-state index in [9.17, 15) is 32.3 Å². The first-order chi connectivity index (χ1) is 18.4. The first kappa shape index (κ1) is 27.9. The van der Waals surface area contributed by atoms with Crippen LogP contribution in [-0.2, 0) is 11.3 Å². The van der Waals surface area contributed by atoms with E-state index in [4.69, 9.17) is 17.0 Å². The van der Waals surface area contributed by atoms with E-state index in [1.54, 1.807) is 6.07 Å². The second-order valence-corrected chi connectivity index (χ2v) is 8.95. The molecule has 1 aromatic carbocycles. The summed E-state index contributed by atoms with van der Waals surface area (Å²) in [5, 5.41) is 27.2. The van der Waals surface area contributed by atoms with Gasteiger partial charge >= 0.3 is 12.2 Å². The lowest BCUT2D eigenvalue weighted by atomic mass is 10.2. The van der Waals surface area contributed by atoms with Crippen LogP contribution in [0.5, 0.6) is 0 Å². The number of anilines is 1. The fraction of sp³-hybridized carbons (Fsp3) is 0.304. The first-order valence-corrected chi connectivity index (χ1v) is 11.8. The molecule has 0 spiro atoms. The molecule has 3 aromatic rings. The maximum Gasteiger partial charge on any atom is 0.416 e. The number of rotatable bonds is 8. The summed E-state index contributed by atoms with van der Waals surface area (Å²) in [4.78, 5) is 33.6. The van der Waals surface area contributed by atoms with Crippen molar-refractivity contribution in [1.82, 2.24) is 30.0 Å². The minimum absolute atomic E-state index is 0.0200. The number of halogens is 5. The smallest absolute Gasteiger partial charge is 0.382 e. The molecular formula is C23H21ClF4N8O3. The number of aliphatic hydroxyl groups excluding tert-OH is 1. The van der Waals surface area contributed by atoms with Crippen LogP contribution in [-0.4, -0.2) is 72.5 Å². The highest BCUT2D eigenvalue weighted by Gasteiger charge is 2.44. The molecule has 4 rings (SSSR count). The molecule has 11 nitrogen and oxygen atoms in total. The van der Waals surface area contributed by atoms with Crippen LogP contribution >= 0.6 is 11.6 Å². The molecule has 3 amide bonds. The highest BCUT2D eigenvalue weighted by atomic mass is 35.5. The van der Waals surface area contributed by atoms with Crippen molar-refractivity contribution in [2.24, 2.45) is 5.92 Å². The van der Waals surface area contributed by atoms with Crippen molar-refractivity contribution in [2.45, 2.75) is 31.4 Å². The number of carbonyl (C=O) groups excluding carboxylic acids is 2. The first-order valence-electron chi connectivity index (χ1n) is 11.4. The third-order valence-electron chi connectivity index (χ3n) is 5.61. The zero-order valence-corrected chi connectivity index (χ0v) is 20.6. The number of hydrogen-bond acceptors (Lipinski definition) is 7. The molecule has 1 aliphatic carbocycles. The number of urea groups is 1. The van der Waals surface area contributed by atoms with Crippen LogP contribution in [0.15, 0.2) is 48.9 Å². The largest absolute Gasteiger partial charge is 0.416 e. The molecule has 0 aliphatic heterocycles. The van der Waals surface area contributed by atoms with Gasteiger partial charge in [-0.3, -0.25) is 15.1 Å². The molecule has 1 fully saturated rings. The zero-order valence-electron chi connectivity index (χ0n) is 19.9. The topological polar surface area (TPSA) is 149 Å². The fourth-order valence-electron chi connectivity index (χ4n) is 3.38. The number of nitrogens with zero attached hydrogens (tertiary/aromatic N) is 5. The highest BCUT2D eigenvalue weighted by molar-refractivity contribution is 6.30. The van der Waals surface area contributed by atoms with E-state index in [0.29, 0.717) is 9.92 Å². The maximum atomic E-state index is 13.2. The van der Waals surface area contributed by atoms with Crippen molar-refractivity contribution in [1.29, 1.82) is 5.41 Å². The van der Waals surface area contributed by atoms with Crippen LogP contribution in [0.25, 0.3) is 5.82 Å². The Labute approximate surface area is 223 Å². The summed E-state index contributed by atoms with van der Waals surface area (Å²) in [6, 6.07) is 7.44. The SMILES string of the molecule is N=C(c1ccc(Cl)cc1)N(C[C@H](O)C(F)(F)F)C(=O)NCc1ncn(-c2ncccc2NC(=O)[C@H]2C[C@@H]2F)n1. The Hall–Kier alpha value is -4.11. The fourth-order valence-corrected chi connectivity index (χ4v) is 3.51. The molecule has 0 saturated heterocycles. The van der Waals surface area contributed by atoms with Crippen LogP contribution in [0.3, 0.4) is 0 Å². The zero-order chi connectivity index (χ0) is 28.3. The van der Waals surface area contributed by atoms with Crippen molar-refractivity contribution in [3.05, 3.63) is 65.3 Å². The minimum Gasteiger partial charge on any atom is -0.382 e. The summed E-state index contributed by atoms with van der Waals surface area (Å²) < 4.78 is 53.5. The molecule has 4 N–H and O–H groups in total. The van der Waals surface area contributed by atoms with Gasteiger partial charge < -0.3 is 15.7 Å². The van der Waals surface area contributed by atoms with Crippen LogP contribution in [0.2, 0.25) is 5.02 Å². The van der Waals surface area contributed by atoms with E-state index >= 15 is 0 Å². The van der Waals surface area contributed by atoms with Crippen molar-refractivity contribution in [2.75, 3.05) is 11.9 Å². The Morgan fingerprint density at radius 1 is 1.23 bits per heavy atom. The number of aliphatic hydroxyl groups is 1. The highest BCUT2D eigenvalue weighted by Crippen LogP contribution is 2.35. The molecule has 2 heterocycles. The van der Waals surface area contributed by atoms with E-state index < -0.39 is 48.7 Å². The van der Waals surface area contributed by atoms with Gasteiger partial charge in [0.25, 0.3) is 0 Å². The minimum atomic E-state index is -5.03. The Kier molecular flexibility index (Phi) is 8.11. The average molecular weight is 569 g/mol. The van der Waals surface area contributed by atoms with Gasteiger partial charge in [0.2, 0.25) is 5.91 Å². The molecule has 39 heavy (non-hydrogen) atoms. The van der Waals surface area contributed by atoms with E-state index in [0.717, 1.165) is 0 Å². The lowest BCUT2D eigenvalue weighted by Crippen LogP contribution is -2.50. The number of amides is 3. The summed E-state index contributed by atoms with van der Waals surface area (Å²) in [5.41, 5.74) is 0.326. The molecule has 1 aliphatic rings. The third-order valence-corrected chi connectivity index (χ3v) is 5.87. The number of alkyl halides is 4. The van der Waals surface area contributed by atoms with Crippen molar-refractivity contribution in [3.63, 3.8) is 0 Å². The van der Waals surface area contributed by atoms with Crippen LogP contribution in [0.1, 0.15) is 17.8 Å². The standard InChI is InChI=1S/C23H21ClF4N8O3/c24-13-5-3-12(4-6-13)19(29)35(10-17(37)23(26,27)28)22(39)31-9-18-32-11-36(34-18)20-16(2-1-7-30-20)33-21(38)14-8-15(14)25/h1-7,11,14-15,17,29,37H,8-10H2,(H,31,39)(H,33,38)/t14-,15-,17-/m0/s1. The normalized spacial score (nSPS) is 17.3. The van der Waals surface area contributed by atoms with Gasteiger partial charge in [-0.15, -0.1) is 5.10 Å².